The quantitative estimate of drug-likeness (QED) is 0.755. The highest BCUT2D eigenvalue weighted by atomic mass is 35.5. The molecule has 1 amide bonds. The highest BCUT2D eigenvalue weighted by Gasteiger charge is 1.95. The number of pyridine rings is 1. The molecule has 12 heavy (non-hydrogen) atoms. The Balaban J connectivity index is 2.57. The number of rotatable bonds is 2. The van der Waals surface area contributed by atoms with E-state index in [2.05, 4.69) is 10.3 Å². The van der Waals surface area contributed by atoms with Crippen LogP contribution in [0.5, 0.6) is 0 Å². The lowest BCUT2D eigenvalue weighted by Gasteiger charge is -2.00. The summed E-state index contributed by atoms with van der Waals surface area (Å²) in [6.45, 7) is 1.89. The lowest BCUT2D eigenvalue weighted by molar-refractivity contribution is -0.119. The second-order valence-corrected chi connectivity index (χ2v) is 2.81. The normalized spacial score (nSPS) is 9.50. The van der Waals surface area contributed by atoms with Crippen LogP contribution >= 0.6 is 11.6 Å². The molecule has 1 heterocycles. The maximum Gasteiger partial charge on any atom is 0.217 e. The van der Waals surface area contributed by atoms with E-state index in [1.54, 1.807) is 18.3 Å². The maximum absolute atomic E-state index is 10.5. The average molecular weight is 185 g/mol. The number of carbonyl (C=O) groups excluding carboxylic acids is 1. The second kappa shape index (κ2) is 4.07. The predicted octanol–water partition coefficient (Wildman–Crippen LogP) is 1.37. The summed E-state index contributed by atoms with van der Waals surface area (Å²) in [5, 5.41) is 3.26. The van der Waals surface area contributed by atoms with Gasteiger partial charge >= 0.3 is 0 Å². The van der Waals surface area contributed by atoms with Gasteiger partial charge in [-0.2, -0.15) is 0 Å². The van der Waals surface area contributed by atoms with E-state index in [1.807, 2.05) is 0 Å². The van der Waals surface area contributed by atoms with Crippen LogP contribution in [0.2, 0.25) is 5.02 Å². The van der Waals surface area contributed by atoms with Crippen LogP contribution in [0.15, 0.2) is 18.3 Å². The Bertz CT molecular complexity index is 288. The van der Waals surface area contributed by atoms with Crippen molar-refractivity contribution in [1.29, 1.82) is 0 Å². The van der Waals surface area contributed by atoms with Crippen molar-refractivity contribution >= 4 is 17.5 Å². The molecule has 0 atom stereocenters. The van der Waals surface area contributed by atoms with Crippen LogP contribution in [0.3, 0.4) is 0 Å². The first-order chi connectivity index (χ1) is 5.68. The summed E-state index contributed by atoms with van der Waals surface area (Å²) in [6.07, 6.45) is 1.61. The summed E-state index contributed by atoms with van der Waals surface area (Å²) in [6, 6.07) is 3.41. The fourth-order valence-corrected chi connectivity index (χ4v) is 0.943. The van der Waals surface area contributed by atoms with Crippen LogP contribution in [0.25, 0.3) is 0 Å². The number of aromatic nitrogens is 1. The number of hydrogen-bond acceptors (Lipinski definition) is 2. The Morgan fingerprint density at radius 3 is 3.08 bits per heavy atom. The highest BCUT2D eigenvalue weighted by molar-refractivity contribution is 6.30. The van der Waals surface area contributed by atoms with E-state index in [0.29, 0.717) is 11.6 Å². The molecule has 4 heteroatoms. The third-order valence-corrected chi connectivity index (χ3v) is 1.53. The van der Waals surface area contributed by atoms with Crippen molar-refractivity contribution in [3.05, 3.63) is 29.0 Å². The lowest BCUT2D eigenvalue weighted by atomic mass is 10.3. The number of carbonyl (C=O) groups is 1. The van der Waals surface area contributed by atoms with Gasteiger partial charge < -0.3 is 5.32 Å². The minimum atomic E-state index is -0.0724. The molecule has 0 radical (unpaired) electrons. The number of hydrogen-bond donors (Lipinski definition) is 1. The minimum absolute atomic E-state index is 0.0724. The fraction of sp³-hybridized carbons (Fsp3) is 0.250. The summed E-state index contributed by atoms with van der Waals surface area (Å²) in [4.78, 5) is 14.5. The van der Waals surface area contributed by atoms with Gasteiger partial charge in [0.15, 0.2) is 0 Å². The van der Waals surface area contributed by atoms with E-state index in [9.17, 15) is 4.79 Å². The van der Waals surface area contributed by atoms with E-state index in [1.165, 1.54) is 6.92 Å². The molecule has 0 aliphatic rings. The fourth-order valence-electron chi connectivity index (χ4n) is 0.760. The van der Waals surface area contributed by atoms with Crippen molar-refractivity contribution in [1.82, 2.24) is 10.3 Å². The summed E-state index contributed by atoms with van der Waals surface area (Å²) in [5.74, 6) is -0.0724. The molecule has 3 nitrogen and oxygen atoms in total. The van der Waals surface area contributed by atoms with E-state index in [-0.39, 0.29) is 5.91 Å². The molecule has 0 saturated heterocycles. The zero-order valence-corrected chi connectivity index (χ0v) is 7.43. The Labute approximate surface area is 75.8 Å². The summed E-state index contributed by atoms with van der Waals surface area (Å²) in [7, 11) is 0. The van der Waals surface area contributed by atoms with Gasteiger partial charge in [0.05, 0.1) is 12.2 Å². The van der Waals surface area contributed by atoms with Crippen LogP contribution in [-0.4, -0.2) is 10.9 Å². The molecule has 0 aromatic carbocycles. The number of amides is 1. The van der Waals surface area contributed by atoms with E-state index in [4.69, 9.17) is 11.6 Å². The Hall–Kier alpha value is -1.09. The predicted molar refractivity (Wildman–Crippen MR) is 46.8 cm³/mol. The molecule has 0 spiro atoms. The smallest absolute Gasteiger partial charge is 0.217 e. The molecule has 1 aromatic heterocycles. The second-order valence-electron chi connectivity index (χ2n) is 2.38. The average Bonchev–Trinajstić information content (AvgIpc) is 2.01. The minimum Gasteiger partial charge on any atom is -0.351 e. The van der Waals surface area contributed by atoms with Crippen LogP contribution in [-0.2, 0) is 11.3 Å². The van der Waals surface area contributed by atoms with Gasteiger partial charge in [-0.25, -0.2) is 0 Å². The first-order valence-corrected chi connectivity index (χ1v) is 3.91. The van der Waals surface area contributed by atoms with E-state index >= 15 is 0 Å². The molecule has 0 saturated carbocycles. The van der Waals surface area contributed by atoms with E-state index in [0.717, 1.165) is 5.69 Å². The van der Waals surface area contributed by atoms with Crippen molar-refractivity contribution in [2.75, 3.05) is 0 Å². The van der Waals surface area contributed by atoms with Crippen LogP contribution in [0.4, 0.5) is 0 Å². The van der Waals surface area contributed by atoms with Gasteiger partial charge in [0.25, 0.3) is 0 Å². The molecule has 64 valence electrons. The first-order valence-electron chi connectivity index (χ1n) is 3.53. The van der Waals surface area contributed by atoms with Crippen molar-refractivity contribution in [2.45, 2.75) is 13.5 Å². The standard InChI is InChI=1S/C8H9ClN2O/c1-6(12)11-5-8-4-7(9)2-3-10-8/h2-4H,5H2,1H3,(H,11,12). The Kier molecular flexibility index (Phi) is 3.05. The maximum atomic E-state index is 10.5. The molecule has 1 N–H and O–H groups in total. The highest BCUT2D eigenvalue weighted by Crippen LogP contribution is 2.07. The van der Waals surface area contributed by atoms with Gasteiger partial charge in [0.1, 0.15) is 0 Å². The Morgan fingerprint density at radius 2 is 2.50 bits per heavy atom. The molecule has 0 bridgehead atoms. The summed E-state index contributed by atoms with van der Waals surface area (Å²) >= 11 is 5.71. The largest absolute Gasteiger partial charge is 0.351 e. The van der Waals surface area contributed by atoms with Crippen molar-refractivity contribution in [3.63, 3.8) is 0 Å². The number of nitrogens with one attached hydrogen (secondary N) is 1. The van der Waals surface area contributed by atoms with Crippen LogP contribution in [0.1, 0.15) is 12.6 Å². The monoisotopic (exact) mass is 184 g/mol. The van der Waals surface area contributed by atoms with Crippen molar-refractivity contribution in [2.24, 2.45) is 0 Å². The molecule has 0 fully saturated rings. The first kappa shape index (κ1) is 9.00. The zero-order chi connectivity index (χ0) is 8.97. The molecule has 1 rings (SSSR count). The van der Waals surface area contributed by atoms with Crippen molar-refractivity contribution < 1.29 is 4.79 Å². The molecular formula is C8H9ClN2O. The number of nitrogens with zero attached hydrogens (tertiary/aromatic N) is 1. The molecule has 0 aliphatic heterocycles. The molecule has 1 aromatic rings. The van der Waals surface area contributed by atoms with Gasteiger partial charge in [0, 0.05) is 18.1 Å². The Morgan fingerprint density at radius 1 is 1.75 bits per heavy atom. The lowest BCUT2D eigenvalue weighted by Crippen LogP contribution is -2.19. The van der Waals surface area contributed by atoms with Crippen LogP contribution in [0, 0.1) is 0 Å². The van der Waals surface area contributed by atoms with Gasteiger partial charge in [0.2, 0.25) is 5.91 Å². The summed E-state index contributed by atoms with van der Waals surface area (Å²) < 4.78 is 0. The third-order valence-electron chi connectivity index (χ3n) is 1.30. The van der Waals surface area contributed by atoms with Gasteiger partial charge in [-0.3, -0.25) is 9.78 Å². The third kappa shape index (κ3) is 2.88. The number of halogens is 1. The van der Waals surface area contributed by atoms with E-state index < -0.39 is 0 Å². The van der Waals surface area contributed by atoms with Gasteiger partial charge in [-0.15, -0.1) is 0 Å². The van der Waals surface area contributed by atoms with Crippen molar-refractivity contribution in [3.8, 4) is 0 Å². The molecule has 0 unspecified atom stereocenters. The molecular weight excluding hydrogens is 176 g/mol. The summed E-state index contributed by atoms with van der Waals surface area (Å²) in [5.41, 5.74) is 0.762. The zero-order valence-electron chi connectivity index (χ0n) is 6.67. The SMILES string of the molecule is CC(=O)NCc1cc(Cl)ccn1. The topological polar surface area (TPSA) is 42.0 Å². The van der Waals surface area contributed by atoms with Gasteiger partial charge in [-0.1, -0.05) is 11.6 Å². The van der Waals surface area contributed by atoms with Gasteiger partial charge in [-0.05, 0) is 12.1 Å². The molecule has 0 aliphatic carbocycles. The van der Waals surface area contributed by atoms with Crippen LogP contribution < -0.4 is 5.32 Å².